The molecule has 0 aliphatic rings. The predicted molar refractivity (Wildman–Crippen MR) is 66.6 cm³/mol. The first kappa shape index (κ1) is 14.2. The Hall–Kier alpha value is -1.86. The monoisotopic (exact) mass is 273 g/mol. The topological polar surface area (TPSA) is 110 Å². The Morgan fingerprint density at radius 2 is 2.22 bits per heavy atom. The zero-order chi connectivity index (χ0) is 13.9. The summed E-state index contributed by atoms with van der Waals surface area (Å²) in [5.41, 5.74) is 5.24. The standard InChI is InChI=1S/C10H12ClN3O4/c1-13(2-3-15)10(16)7-4-6(14(17)18)5-8(11)9(7)12/h4-5,15H,2-3,12H2,1H3. The summed E-state index contributed by atoms with van der Waals surface area (Å²) in [4.78, 5) is 23.2. The highest BCUT2D eigenvalue weighted by molar-refractivity contribution is 6.34. The number of hydrogen-bond acceptors (Lipinski definition) is 5. The number of hydrogen-bond donors (Lipinski definition) is 2. The highest BCUT2D eigenvalue weighted by atomic mass is 35.5. The number of nitro groups is 1. The van der Waals surface area contributed by atoms with Gasteiger partial charge in [0.2, 0.25) is 0 Å². The minimum Gasteiger partial charge on any atom is -0.397 e. The zero-order valence-electron chi connectivity index (χ0n) is 9.59. The van der Waals surface area contributed by atoms with E-state index in [9.17, 15) is 14.9 Å². The van der Waals surface area contributed by atoms with Crippen LogP contribution in [0.25, 0.3) is 0 Å². The second kappa shape index (κ2) is 5.65. The van der Waals surface area contributed by atoms with Crippen molar-refractivity contribution in [2.24, 2.45) is 0 Å². The van der Waals surface area contributed by atoms with Crippen molar-refractivity contribution in [2.75, 3.05) is 25.9 Å². The van der Waals surface area contributed by atoms with Crippen LogP contribution in [-0.4, -0.2) is 41.0 Å². The number of benzene rings is 1. The molecule has 0 fully saturated rings. The lowest BCUT2D eigenvalue weighted by Crippen LogP contribution is -2.30. The predicted octanol–water partition coefficient (Wildman–Crippen LogP) is 0.895. The number of carbonyl (C=O) groups excluding carboxylic acids is 1. The van der Waals surface area contributed by atoms with Crippen LogP contribution >= 0.6 is 11.6 Å². The molecule has 0 unspecified atom stereocenters. The first-order valence-corrected chi connectivity index (χ1v) is 5.36. The third-order valence-electron chi connectivity index (χ3n) is 2.34. The number of aliphatic hydroxyl groups is 1. The summed E-state index contributed by atoms with van der Waals surface area (Å²) < 4.78 is 0. The number of nitro benzene ring substituents is 1. The van der Waals surface area contributed by atoms with E-state index in [0.717, 1.165) is 12.1 Å². The Labute approximate surface area is 108 Å². The van der Waals surface area contributed by atoms with Crippen LogP contribution in [0.1, 0.15) is 10.4 Å². The fourth-order valence-corrected chi connectivity index (χ4v) is 1.56. The fraction of sp³-hybridized carbons (Fsp3) is 0.300. The van der Waals surface area contributed by atoms with E-state index in [-0.39, 0.29) is 35.1 Å². The third kappa shape index (κ3) is 2.88. The van der Waals surface area contributed by atoms with Crippen molar-refractivity contribution in [1.29, 1.82) is 0 Å². The van der Waals surface area contributed by atoms with Crippen molar-refractivity contribution in [3.05, 3.63) is 32.8 Å². The molecule has 1 rings (SSSR count). The molecule has 1 aromatic rings. The number of anilines is 1. The summed E-state index contributed by atoms with van der Waals surface area (Å²) >= 11 is 5.74. The first-order chi connectivity index (χ1) is 8.38. The maximum atomic E-state index is 11.9. The van der Waals surface area contributed by atoms with Crippen molar-refractivity contribution in [3.8, 4) is 0 Å². The molecule has 0 aliphatic heterocycles. The van der Waals surface area contributed by atoms with Crippen LogP contribution < -0.4 is 5.73 Å². The van der Waals surface area contributed by atoms with Gasteiger partial charge < -0.3 is 15.7 Å². The molecule has 98 valence electrons. The van der Waals surface area contributed by atoms with E-state index in [1.165, 1.54) is 11.9 Å². The van der Waals surface area contributed by atoms with E-state index in [0.29, 0.717) is 0 Å². The molecule has 0 radical (unpaired) electrons. The van der Waals surface area contributed by atoms with Gasteiger partial charge in [-0.3, -0.25) is 14.9 Å². The number of nitrogen functional groups attached to an aromatic ring is 1. The van der Waals surface area contributed by atoms with E-state index >= 15 is 0 Å². The molecule has 0 spiro atoms. The molecule has 0 heterocycles. The minimum absolute atomic E-state index is 0.0166. The zero-order valence-corrected chi connectivity index (χ0v) is 10.3. The third-order valence-corrected chi connectivity index (χ3v) is 2.65. The summed E-state index contributed by atoms with van der Waals surface area (Å²) in [6.45, 7) is -0.122. The van der Waals surface area contributed by atoms with Gasteiger partial charge in [0.1, 0.15) is 0 Å². The van der Waals surface area contributed by atoms with Crippen LogP contribution in [0.15, 0.2) is 12.1 Å². The van der Waals surface area contributed by atoms with Crippen LogP contribution in [-0.2, 0) is 0 Å². The van der Waals surface area contributed by atoms with Crippen LogP contribution in [0.4, 0.5) is 11.4 Å². The molecule has 18 heavy (non-hydrogen) atoms. The van der Waals surface area contributed by atoms with E-state index in [1.54, 1.807) is 0 Å². The molecule has 8 heteroatoms. The summed E-state index contributed by atoms with van der Waals surface area (Å²) in [7, 11) is 1.45. The largest absolute Gasteiger partial charge is 0.397 e. The molecule has 0 saturated carbocycles. The first-order valence-electron chi connectivity index (χ1n) is 4.98. The van der Waals surface area contributed by atoms with Gasteiger partial charge in [-0.15, -0.1) is 0 Å². The number of aliphatic hydroxyl groups excluding tert-OH is 1. The number of nitrogens with two attached hydrogens (primary N) is 1. The van der Waals surface area contributed by atoms with Crippen molar-refractivity contribution in [2.45, 2.75) is 0 Å². The van der Waals surface area contributed by atoms with Crippen LogP contribution in [0, 0.1) is 10.1 Å². The quantitative estimate of drug-likeness (QED) is 0.481. The lowest BCUT2D eigenvalue weighted by atomic mass is 10.1. The number of halogens is 1. The van der Waals surface area contributed by atoms with E-state index in [4.69, 9.17) is 22.4 Å². The highest BCUT2D eigenvalue weighted by Crippen LogP contribution is 2.29. The highest BCUT2D eigenvalue weighted by Gasteiger charge is 2.21. The maximum absolute atomic E-state index is 11.9. The van der Waals surface area contributed by atoms with Crippen molar-refractivity contribution in [1.82, 2.24) is 4.90 Å². The van der Waals surface area contributed by atoms with Gasteiger partial charge in [0.25, 0.3) is 11.6 Å². The van der Waals surface area contributed by atoms with E-state index in [1.807, 2.05) is 0 Å². The Kier molecular flexibility index (Phi) is 4.46. The van der Waals surface area contributed by atoms with Crippen LogP contribution in [0.5, 0.6) is 0 Å². The summed E-state index contributed by atoms with van der Waals surface area (Å²) in [6, 6.07) is 2.15. The van der Waals surface area contributed by atoms with Crippen LogP contribution in [0.3, 0.4) is 0 Å². The van der Waals surface area contributed by atoms with Gasteiger partial charge in [-0.25, -0.2) is 0 Å². The van der Waals surface area contributed by atoms with Gasteiger partial charge >= 0.3 is 0 Å². The lowest BCUT2D eigenvalue weighted by molar-refractivity contribution is -0.384. The molecule has 1 aromatic carbocycles. The number of rotatable bonds is 4. The molecule has 3 N–H and O–H groups in total. The average Bonchev–Trinajstić information content (AvgIpc) is 2.31. The van der Waals surface area contributed by atoms with Gasteiger partial charge in [0.15, 0.2) is 0 Å². The minimum atomic E-state index is -0.659. The normalized spacial score (nSPS) is 10.2. The van der Waals surface area contributed by atoms with Gasteiger partial charge in [-0.1, -0.05) is 11.6 Å². The van der Waals surface area contributed by atoms with Gasteiger partial charge in [-0.2, -0.15) is 0 Å². The molecular formula is C10H12ClN3O4. The smallest absolute Gasteiger partial charge is 0.271 e. The molecule has 0 atom stereocenters. The van der Waals surface area contributed by atoms with Gasteiger partial charge in [-0.05, 0) is 0 Å². The molecule has 1 amide bonds. The molecule has 0 aromatic heterocycles. The number of nitrogens with zero attached hydrogens (tertiary/aromatic N) is 2. The number of amides is 1. The number of non-ortho nitro benzene ring substituents is 1. The summed E-state index contributed by atoms with van der Waals surface area (Å²) in [5, 5.41) is 19.4. The van der Waals surface area contributed by atoms with E-state index in [2.05, 4.69) is 0 Å². The SMILES string of the molecule is CN(CCO)C(=O)c1cc([N+](=O)[O-])cc(Cl)c1N. The maximum Gasteiger partial charge on any atom is 0.271 e. The van der Waals surface area contributed by atoms with Crippen molar-refractivity contribution in [3.63, 3.8) is 0 Å². The molecule has 0 bridgehead atoms. The molecule has 0 saturated heterocycles. The van der Waals surface area contributed by atoms with Gasteiger partial charge in [0.05, 0.1) is 27.8 Å². The van der Waals surface area contributed by atoms with E-state index < -0.39 is 10.8 Å². The second-order valence-electron chi connectivity index (χ2n) is 3.60. The Morgan fingerprint density at radius 1 is 1.61 bits per heavy atom. The molecular weight excluding hydrogens is 262 g/mol. The number of likely N-dealkylation sites (N-methyl/N-ethyl adjacent to an activating group) is 1. The van der Waals surface area contributed by atoms with Gasteiger partial charge in [0, 0.05) is 25.7 Å². The lowest BCUT2D eigenvalue weighted by Gasteiger charge is -2.17. The Balaban J connectivity index is 3.22. The molecule has 0 aliphatic carbocycles. The van der Waals surface area contributed by atoms with Crippen molar-refractivity contribution >= 4 is 28.9 Å². The molecule has 7 nitrogen and oxygen atoms in total. The Morgan fingerprint density at radius 3 is 2.72 bits per heavy atom. The van der Waals surface area contributed by atoms with Crippen molar-refractivity contribution < 1.29 is 14.8 Å². The average molecular weight is 274 g/mol. The van der Waals surface area contributed by atoms with Crippen LogP contribution in [0.2, 0.25) is 5.02 Å². The fourth-order valence-electron chi connectivity index (χ4n) is 1.34. The summed E-state index contributed by atoms with van der Waals surface area (Å²) in [5.74, 6) is -0.535. The second-order valence-corrected chi connectivity index (χ2v) is 4.00. The Bertz CT molecular complexity index is 492. The summed E-state index contributed by atoms with van der Waals surface area (Å²) in [6.07, 6.45) is 0. The number of carbonyl (C=O) groups is 1.